The number of methoxy groups -OCH3 is 2. The van der Waals surface area contributed by atoms with E-state index in [4.69, 9.17) is 14.6 Å². The van der Waals surface area contributed by atoms with Crippen molar-refractivity contribution in [1.82, 2.24) is 24.6 Å². The second kappa shape index (κ2) is 9.69. The molecule has 0 bridgehead atoms. The summed E-state index contributed by atoms with van der Waals surface area (Å²) in [4.78, 5) is 34.7. The number of thiazole rings is 1. The molecule has 10 heteroatoms. The Kier molecular flexibility index (Phi) is 6.46. The number of fused-ring (bicyclic) bond motifs is 1. The van der Waals surface area contributed by atoms with Gasteiger partial charge in [0.25, 0.3) is 11.8 Å². The number of amides is 2. The molecule has 1 saturated carbocycles. The highest BCUT2D eigenvalue weighted by Gasteiger charge is 2.34. The van der Waals surface area contributed by atoms with Gasteiger partial charge >= 0.3 is 0 Å². The van der Waals surface area contributed by atoms with Crippen molar-refractivity contribution in [2.45, 2.75) is 38.9 Å². The lowest BCUT2D eigenvalue weighted by atomic mass is 10.0. The molecule has 3 heterocycles. The third kappa shape index (κ3) is 4.75. The quantitative estimate of drug-likeness (QED) is 0.477. The van der Waals surface area contributed by atoms with Crippen LogP contribution in [-0.4, -0.2) is 64.2 Å². The van der Waals surface area contributed by atoms with Crippen LogP contribution in [-0.2, 0) is 26.1 Å². The van der Waals surface area contributed by atoms with Gasteiger partial charge in [0, 0.05) is 49.3 Å². The van der Waals surface area contributed by atoms with Gasteiger partial charge in [0.1, 0.15) is 11.5 Å². The fourth-order valence-electron chi connectivity index (χ4n) is 4.49. The van der Waals surface area contributed by atoms with E-state index in [1.54, 1.807) is 47.7 Å². The summed E-state index contributed by atoms with van der Waals surface area (Å²) in [5, 5.41) is 6.71. The van der Waals surface area contributed by atoms with Crippen molar-refractivity contribution >= 4 is 23.2 Å². The van der Waals surface area contributed by atoms with E-state index < -0.39 is 0 Å². The Hall–Kier alpha value is -3.40. The zero-order valence-corrected chi connectivity index (χ0v) is 21.0. The first-order chi connectivity index (χ1) is 17.0. The van der Waals surface area contributed by atoms with Gasteiger partial charge in [-0.1, -0.05) is 0 Å². The van der Waals surface area contributed by atoms with Crippen molar-refractivity contribution in [3.63, 3.8) is 0 Å². The highest BCUT2D eigenvalue weighted by atomic mass is 32.1. The average Bonchev–Trinajstić information content (AvgIpc) is 3.42. The van der Waals surface area contributed by atoms with E-state index in [9.17, 15) is 9.59 Å². The van der Waals surface area contributed by atoms with Gasteiger partial charge < -0.3 is 19.3 Å². The molecule has 0 spiro atoms. The molecule has 3 aromatic rings. The zero-order valence-electron chi connectivity index (χ0n) is 20.2. The maximum atomic E-state index is 13.5. The number of hydrogen-bond acceptors (Lipinski definition) is 7. The number of carbonyl (C=O) groups excluding carboxylic acids is 2. The van der Waals surface area contributed by atoms with Crippen molar-refractivity contribution in [1.29, 1.82) is 0 Å². The van der Waals surface area contributed by atoms with Crippen molar-refractivity contribution in [3.05, 3.63) is 57.3 Å². The van der Waals surface area contributed by atoms with Crippen LogP contribution in [0.4, 0.5) is 0 Å². The molecule has 1 aliphatic heterocycles. The Morgan fingerprint density at radius 3 is 2.74 bits per heavy atom. The Labute approximate surface area is 208 Å². The molecule has 1 aromatic carbocycles. The van der Waals surface area contributed by atoms with Gasteiger partial charge in [-0.3, -0.25) is 14.3 Å². The molecule has 35 heavy (non-hydrogen) atoms. The van der Waals surface area contributed by atoms with Crippen molar-refractivity contribution in [3.8, 4) is 11.5 Å². The smallest absolute Gasteiger partial charge is 0.274 e. The lowest BCUT2D eigenvalue weighted by Gasteiger charge is -2.29. The molecule has 5 rings (SSSR count). The molecule has 0 saturated heterocycles. The zero-order chi connectivity index (χ0) is 24.5. The second-order valence-electron chi connectivity index (χ2n) is 9.08. The van der Waals surface area contributed by atoms with Gasteiger partial charge in [-0.15, -0.1) is 11.3 Å². The van der Waals surface area contributed by atoms with E-state index in [-0.39, 0.29) is 11.8 Å². The molecular formula is C25H29N5O4S. The fourth-order valence-corrected chi connectivity index (χ4v) is 5.04. The topological polar surface area (TPSA) is 89.8 Å². The van der Waals surface area contributed by atoms with Crippen LogP contribution in [0.2, 0.25) is 0 Å². The molecule has 1 aliphatic carbocycles. The Morgan fingerprint density at radius 2 is 2.06 bits per heavy atom. The van der Waals surface area contributed by atoms with Gasteiger partial charge in [0.2, 0.25) is 0 Å². The van der Waals surface area contributed by atoms with Gasteiger partial charge in [-0.25, -0.2) is 4.98 Å². The standard InChI is InChI=1S/C25H29N5O4S/c1-28(12-17-14-35-15-26-17)25(32)23-20-13-29(9-8-21(20)30(27-23)11-16-4-5-16)24(31)19-7-6-18(33-2)10-22(19)34-3/h6-7,10,14-16H,4-5,8-9,11-13H2,1-3H3. The Bertz CT molecular complexity index is 1230. The van der Waals surface area contributed by atoms with Crippen molar-refractivity contribution in [2.75, 3.05) is 27.8 Å². The summed E-state index contributed by atoms with van der Waals surface area (Å²) < 4.78 is 12.7. The van der Waals surface area contributed by atoms with Crippen LogP contribution in [0.1, 0.15) is 50.6 Å². The van der Waals surface area contributed by atoms with Gasteiger partial charge in [-0.05, 0) is 30.9 Å². The summed E-state index contributed by atoms with van der Waals surface area (Å²) in [6.07, 6.45) is 3.05. The van der Waals surface area contributed by atoms with Crippen molar-refractivity contribution in [2.24, 2.45) is 5.92 Å². The summed E-state index contributed by atoms with van der Waals surface area (Å²) in [5.74, 6) is 1.41. The van der Waals surface area contributed by atoms with E-state index >= 15 is 0 Å². The number of nitrogens with zero attached hydrogens (tertiary/aromatic N) is 5. The summed E-state index contributed by atoms with van der Waals surface area (Å²) in [5.41, 5.74) is 5.41. The molecule has 2 amide bonds. The van der Waals surface area contributed by atoms with Crippen LogP contribution in [0.3, 0.4) is 0 Å². The van der Waals surface area contributed by atoms with Crippen LogP contribution in [0.25, 0.3) is 0 Å². The van der Waals surface area contributed by atoms with Gasteiger partial charge in [0.15, 0.2) is 5.69 Å². The van der Waals surface area contributed by atoms with Gasteiger partial charge in [-0.2, -0.15) is 5.10 Å². The van der Waals surface area contributed by atoms with E-state index in [0.717, 1.165) is 23.5 Å². The summed E-state index contributed by atoms with van der Waals surface area (Å²) in [6, 6.07) is 5.18. The molecule has 1 fully saturated rings. The number of hydrogen-bond donors (Lipinski definition) is 0. The highest BCUT2D eigenvalue weighted by Crippen LogP contribution is 2.34. The Morgan fingerprint density at radius 1 is 1.23 bits per heavy atom. The maximum Gasteiger partial charge on any atom is 0.274 e. The van der Waals surface area contributed by atoms with Crippen LogP contribution >= 0.6 is 11.3 Å². The normalized spacial score (nSPS) is 15.0. The fraction of sp³-hybridized carbons (Fsp3) is 0.440. The Balaban J connectivity index is 1.43. The summed E-state index contributed by atoms with van der Waals surface area (Å²) in [7, 11) is 4.88. The molecule has 0 atom stereocenters. The monoisotopic (exact) mass is 495 g/mol. The van der Waals surface area contributed by atoms with E-state index in [1.807, 2.05) is 10.1 Å². The number of ether oxygens (including phenoxy) is 2. The van der Waals surface area contributed by atoms with E-state index in [2.05, 4.69) is 4.98 Å². The largest absolute Gasteiger partial charge is 0.497 e. The molecule has 0 radical (unpaired) electrons. The molecule has 0 unspecified atom stereocenters. The third-order valence-electron chi connectivity index (χ3n) is 6.62. The predicted molar refractivity (Wildman–Crippen MR) is 131 cm³/mol. The number of aromatic nitrogens is 3. The summed E-state index contributed by atoms with van der Waals surface area (Å²) >= 11 is 1.51. The SMILES string of the molecule is COc1ccc(C(=O)N2CCc3c(c(C(=O)N(C)Cc4cscn4)nn3CC3CC3)C2)c(OC)c1. The average molecular weight is 496 g/mol. The van der Waals surface area contributed by atoms with Crippen molar-refractivity contribution < 1.29 is 19.1 Å². The molecule has 9 nitrogen and oxygen atoms in total. The first-order valence-electron chi connectivity index (χ1n) is 11.7. The molecule has 2 aliphatic rings. The first kappa shape index (κ1) is 23.3. The molecule has 184 valence electrons. The minimum absolute atomic E-state index is 0.140. The third-order valence-corrected chi connectivity index (χ3v) is 7.26. The summed E-state index contributed by atoms with van der Waals surface area (Å²) in [6.45, 7) is 2.13. The molecular weight excluding hydrogens is 466 g/mol. The molecule has 2 aromatic heterocycles. The second-order valence-corrected chi connectivity index (χ2v) is 9.80. The maximum absolute atomic E-state index is 13.5. The minimum atomic E-state index is -0.153. The van der Waals surface area contributed by atoms with Crippen LogP contribution < -0.4 is 9.47 Å². The van der Waals surface area contributed by atoms with Crippen LogP contribution in [0.5, 0.6) is 11.5 Å². The number of rotatable bonds is 8. The highest BCUT2D eigenvalue weighted by molar-refractivity contribution is 7.07. The van der Waals surface area contributed by atoms with E-state index in [1.165, 1.54) is 31.3 Å². The lowest BCUT2D eigenvalue weighted by Crippen LogP contribution is -2.37. The lowest BCUT2D eigenvalue weighted by molar-refractivity contribution is 0.0718. The number of benzene rings is 1. The first-order valence-corrected chi connectivity index (χ1v) is 12.6. The number of carbonyl (C=O) groups is 2. The van der Waals surface area contributed by atoms with Crippen LogP contribution in [0.15, 0.2) is 29.1 Å². The van der Waals surface area contributed by atoms with Crippen LogP contribution in [0, 0.1) is 5.92 Å². The predicted octanol–water partition coefficient (Wildman–Crippen LogP) is 3.24. The minimum Gasteiger partial charge on any atom is -0.497 e. The van der Waals surface area contributed by atoms with E-state index in [0.29, 0.717) is 54.7 Å². The molecule has 0 N–H and O–H groups in total. The van der Waals surface area contributed by atoms with Gasteiger partial charge in [0.05, 0.1) is 44.1 Å².